The van der Waals surface area contributed by atoms with Crippen molar-refractivity contribution in [2.24, 2.45) is 5.11 Å². The lowest BCUT2D eigenvalue weighted by molar-refractivity contribution is -0.116. The van der Waals surface area contributed by atoms with Gasteiger partial charge in [-0.3, -0.25) is 19.3 Å². The monoisotopic (exact) mass is 543 g/mol. The number of hydrogen-bond donors (Lipinski definition) is 1. The third-order valence-corrected chi connectivity index (χ3v) is 6.76. The van der Waals surface area contributed by atoms with E-state index in [4.69, 9.17) is 15.0 Å². The van der Waals surface area contributed by atoms with Crippen molar-refractivity contribution in [2.75, 3.05) is 37.6 Å². The van der Waals surface area contributed by atoms with E-state index in [0.717, 1.165) is 11.2 Å². The summed E-state index contributed by atoms with van der Waals surface area (Å²) in [5.74, 6) is -1.51. The van der Waals surface area contributed by atoms with Gasteiger partial charge in [0.25, 0.3) is 11.8 Å². The molecule has 0 radical (unpaired) electrons. The first-order valence-corrected chi connectivity index (χ1v) is 14.0. The Morgan fingerprint density at radius 2 is 1.92 bits per heavy atom. The van der Waals surface area contributed by atoms with Crippen molar-refractivity contribution in [3.63, 3.8) is 0 Å². The summed E-state index contributed by atoms with van der Waals surface area (Å²) < 4.78 is 35.7. The van der Waals surface area contributed by atoms with Gasteiger partial charge in [-0.1, -0.05) is 17.2 Å². The van der Waals surface area contributed by atoms with E-state index in [1.54, 1.807) is 25.1 Å². The quantitative estimate of drug-likeness (QED) is 0.131. The molecule has 1 aliphatic heterocycles. The van der Waals surface area contributed by atoms with Crippen LogP contribution in [-0.2, 0) is 14.6 Å². The van der Waals surface area contributed by atoms with Crippen LogP contribution < -0.4 is 14.8 Å². The summed E-state index contributed by atoms with van der Waals surface area (Å²) in [5.41, 5.74) is 8.93. The molecule has 2 aromatic carbocycles. The molecule has 12 nitrogen and oxygen atoms in total. The molecule has 0 spiro atoms. The minimum Gasteiger partial charge on any atom is -0.493 e. The maximum atomic E-state index is 13.6. The fourth-order valence-corrected chi connectivity index (χ4v) is 5.11. The van der Waals surface area contributed by atoms with E-state index in [9.17, 15) is 22.8 Å². The van der Waals surface area contributed by atoms with E-state index in [1.807, 2.05) is 0 Å². The molecule has 3 rings (SSSR count). The summed E-state index contributed by atoms with van der Waals surface area (Å²) in [6.45, 7) is 2.36. The molecular formula is C25H29N5O7S. The molecule has 0 aromatic heterocycles. The Morgan fingerprint density at radius 1 is 1.16 bits per heavy atom. The van der Waals surface area contributed by atoms with Gasteiger partial charge < -0.3 is 14.8 Å². The number of carbonyl (C=O) groups excluding carboxylic acids is 3. The fourth-order valence-electron chi connectivity index (χ4n) is 4.19. The van der Waals surface area contributed by atoms with E-state index in [2.05, 4.69) is 15.3 Å². The van der Waals surface area contributed by atoms with E-state index in [1.165, 1.54) is 25.3 Å². The second kappa shape index (κ2) is 12.4. The topological polar surface area (TPSA) is 168 Å². The van der Waals surface area contributed by atoms with E-state index in [0.29, 0.717) is 36.5 Å². The van der Waals surface area contributed by atoms with Crippen molar-refractivity contribution in [3.8, 4) is 11.5 Å². The Hall–Kier alpha value is -4.09. The van der Waals surface area contributed by atoms with Crippen LogP contribution >= 0.6 is 0 Å². The molecule has 0 bridgehead atoms. The van der Waals surface area contributed by atoms with Crippen LogP contribution in [0.4, 0.5) is 5.69 Å². The van der Waals surface area contributed by atoms with Crippen molar-refractivity contribution in [2.45, 2.75) is 32.2 Å². The number of nitrogens with one attached hydrogen (secondary N) is 1. The van der Waals surface area contributed by atoms with E-state index >= 15 is 0 Å². The second-order valence-electron chi connectivity index (χ2n) is 8.62. The second-order valence-corrected chi connectivity index (χ2v) is 10.8. The van der Waals surface area contributed by atoms with Crippen LogP contribution in [0.15, 0.2) is 41.5 Å². The van der Waals surface area contributed by atoms with Gasteiger partial charge in [0.2, 0.25) is 5.91 Å². The first-order chi connectivity index (χ1) is 18.1. The molecule has 0 fully saturated rings. The lowest BCUT2D eigenvalue weighted by Crippen LogP contribution is -2.37. The number of benzene rings is 2. The van der Waals surface area contributed by atoms with Gasteiger partial charge in [0.15, 0.2) is 11.5 Å². The first kappa shape index (κ1) is 28.5. The largest absolute Gasteiger partial charge is 0.493 e. The van der Waals surface area contributed by atoms with Crippen molar-refractivity contribution >= 4 is 33.2 Å². The number of azide groups is 1. The number of ether oxygens (including phenoxy) is 2. The zero-order valence-electron chi connectivity index (χ0n) is 21.3. The Bertz CT molecular complexity index is 1390. The number of amides is 3. The lowest BCUT2D eigenvalue weighted by Gasteiger charge is -2.27. The summed E-state index contributed by atoms with van der Waals surface area (Å²) in [4.78, 5) is 43.2. The predicted molar refractivity (Wildman–Crippen MR) is 140 cm³/mol. The molecule has 1 heterocycles. The van der Waals surface area contributed by atoms with Gasteiger partial charge in [-0.05, 0) is 55.1 Å². The zero-order chi connectivity index (χ0) is 27.9. The molecule has 0 unspecified atom stereocenters. The third kappa shape index (κ3) is 6.61. The number of sulfone groups is 1. The van der Waals surface area contributed by atoms with Gasteiger partial charge >= 0.3 is 0 Å². The number of anilines is 1. The zero-order valence-corrected chi connectivity index (χ0v) is 22.2. The van der Waals surface area contributed by atoms with E-state index in [-0.39, 0.29) is 35.7 Å². The Labute approximate surface area is 220 Å². The molecule has 0 saturated heterocycles. The Morgan fingerprint density at radius 3 is 2.58 bits per heavy atom. The Kier molecular flexibility index (Phi) is 9.32. The van der Waals surface area contributed by atoms with E-state index < -0.39 is 33.4 Å². The highest BCUT2D eigenvalue weighted by atomic mass is 32.2. The average molecular weight is 544 g/mol. The van der Waals surface area contributed by atoms with Crippen LogP contribution in [0.25, 0.3) is 10.4 Å². The highest BCUT2D eigenvalue weighted by molar-refractivity contribution is 7.90. The molecule has 38 heavy (non-hydrogen) atoms. The molecule has 13 heteroatoms. The average Bonchev–Trinajstić information content (AvgIpc) is 3.12. The van der Waals surface area contributed by atoms with Crippen molar-refractivity contribution in [3.05, 3.63) is 63.5 Å². The smallest absolute Gasteiger partial charge is 0.264 e. The lowest BCUT2D eigenvalue weighted by atomic mass is 10.1. The van der Waals surface area contributed by atoms with Gasteiger partial charge in [0, 0.05) is 24.1 Å². The number of carbonyl (C=O) groups is 3. The van der Waals surface area contributed by atoms with Gasteiger partial charge in [-0.2, -0.15) is 0 Å². The summed E-state index contributed by atoms with van der Waals surface area (Å²) >= 11 is 0. The number of fused-ring (bicyclic) bond motifs is 1. The van der Waals surface area contributed by atoms with Crippen LogP contribution in [0.3, 0.4) is 0 Å². The number of rotatable bonds is 13. The molecule has 1 aliphatic rings. The Balaban J connectivity index is 1.95. The van der Waals surface area contributed by atoms with Crippen LogP contribution in [0.2, 0.25) is 0 Å². The molecule has 0 aliphatic carbocycles. The summed E-state index contributed by atoms with van der Waals surface area (Å²) in [6.07, 6.45) is 2.14. The molecular weight excluding hydrogens is 514 g/mol. The minimum absolute atomic E-state index is 0.00280. The summed E-state index contributed by atoms with van der Waals surface area (Å²) in [7, 11) is -2.18. The van der Waals surface area contributed by atoms with Gasteiger partial charge in [0.05, 0.1) is 42.3 Å². The van der Waals surface area contributed by atoms with Gasteiger partial charge in [-0.25, -0.2) is 8.42 Å². The van der Waals surface area contributed by atoms with Gasteiger partial charge in [-0.15, -0.1) is 0 Å². The third-order valence-electron chi connectivity index (χ3n) is 5.84. The van der Waals surface area contributed by atoms with Crippen LogP contribution in [0.5, 0.6) is 11.5 Å². The minimum atomic E-state index is -3.65. The number of imide groups is 1. The summed E-state index contributed by atoms with van der Waals surface area (Å²) in [6, 6.07) is 8.09. The SMILES string of the molecule is CCOc1cc([C@@H](CS(C)(=O)=O)N2C(=O)c3cccc(NC(=O)CCCCN=[N+]=[N-])c3C2=O)ccc1OC. The number of unbranched alkanes of at least 4 members (excludes halogenated alkanes) is 1. The molecule has 2 aromatic rings. The normalized spacial score (nSPS) is 13.5. The summed E-state index contributed by atoms with van der Waals surface area (Å²) in [5, 5.41) is 6.10. The molecule has 3 amide bonds. The van der Waals surface area contributed by atoms with Crippen LogP contribution in [0, 0.1) is 0 Å². The fraction of sp³-hybridized carbons (Fsp3) is 0.400. The maximum Gasteiger partial charge on any atom is 0.264 e. The molecule has 202 valence electrons. The molecule has 1 atom stereocenters. The first-order valence-electron chi connectivity index (χ1n) is 11.9. The number of hydrogen-bond acceptors (Lipinski definition) is 8. The molecule has 1 N–H and O–H groups in total. The number of methoxy groups -OCH3 is 1. The standard InChI is InChI=1S/C25H29N5O7S/c1-4-37-21-14-16(11-12-20(21)36-2)19(15-38(3,34)35)30-24(32)17-8-7-9-18(23(17)25(30)33)28-22(31)10-5-6-13-27-29-26/h7-9,11-12,14,19H,4-6,10,13,15H2,1-3H3,(H,28,31)/t19-/m1/s1. The number of nitrogens with zero attached hydrogens (tertiary/aromatic N) is 4. The highest BCUT2D eigenvalue weighted by Gasteiger charge is 2.43. The highest BCUT2D eigenvalue weighted by Crippen LogP contribution is 2.38. The van der Waals surface area contributed by atoms with Gasteiger partial charge in [0.1, 0.15) is 9.84 Å². The van der Waals surface area contributed by atoms with Crippen molar-refractivity contribution in [1.82, 2.24) is 4.90 Å². The van der Waals surface area contributed by atoms with Crippen molar-refractivity contribution < 1.29 is 32.3 Å². The van der Waals surface area contributed by atoms with Crippen LogP contribution in [-0.4, -0.2) is 63.3 Å². The van der Waals surface area contributed by atoms with Crippen molar-refractivity contribution in [1.29, 1.82) is 0 Å². The predicted octanol–water partition coefficient (Wildman–Crippen LogP) is 3.89. The maximum absolute atomic E-state index is 13.6. The molecule has 0 saturated carbocycles. The van der Waals surface area contributed by atoms with Crippen LogP contribution in [0.1, 0.15) is 58.5 Å².